The summed E-state index contributed by atoms with van der Waals surface area (Å²) in [6, 6.07) is 0.107. The number of likely N-dealkylation sites (N-methyl/N-ethyl adjacent to an activating group) is 1. The highest BCUT2D eigenvalue weighted by atomic mass is 16.4. The first-order valence-corrected chi connectivity index (χ1v) is 7.23. The number of hydrogen-bond acceptors (Lipinski definition) is 4. The first kappa shape index (κ1) is 15.1. The van der Waals surface area contributed by atoms with E-state index in [4.69, 9.17) is 5.11 Å². The fraction of sp³-hybridized carbons (Fsp3) is 0.846. The molecule has 7 nitrogen and oxygen atoms in total. The Labute approximate surface area is 119 Å². The standard InChI is InChI=1S/C13H24N4O3/c1-14-5-8-17(9-6-14)13(20)16-4-2-3-15(7-10-16)11-12(18)19/h2-11H2,1H3,(H,18,19). The number of nitrogens with zero attached hydrogens (tertiary/aromatic N) is 4. The van der Waals surface area contributed by atoms with Crippen molar-refractivity contribution in [3.63, 3.8) is 0 Å². The molecule has 2 rings (SSSR count). The van der Waals surface area contributed by atoms with Gasteiger partial charge in [0.2, 0.25) is 0 Å². The van der Waals surface area contributed by atoms with Gasteiger partial charge in [-0.25, -0.2) is 4.79 Å². The quantitative estimate of drug-likeness (QED) is 0.737. The molecule has 7 heteroatoms. The zero-order valence-electron chi connectivity index (χ0n) is 12.1. The predicted molar refractivity (Wildman–Crippen MR) is 74.7 cm³/mol. The van der Waals surface area contributed by atoms with Crippen molar-refractivity contribution in [1.82, 2.24) is 19.6 Å². The average Bonchev–Trinajstić information content (AvgIpc) is 2.64. The van der Waals surface area contributed by atoms with Crippen LogP contribution in [0.15, 0.2) is 0 Å². The van der Waals surface area contributed by atoms with Crippen LogP contribution in [0.2, 0.25) is 0 Å². The number of piperazine rings is 1. The highest BCUT2D eigenvalue weighted by molar-refractivity contribution is 5.74. The van der Waals surface area contributed by atoms with E-state index in [1.54, 1.807) is 0 Å². The molecule has 2 saturated heterocycles. The van der Waals surface area contributed by atoms with Crippen LogP contribution >= 0.6 is 0 Å². The lowest BCUT2D eigenvalue weighted by Gasteiger charge is -2.35. The van der Waals surface area contributed by atoms with E-state index in [-0.39, 0.29) is 12.6 Å². The van der Waals surface area contributed by atoms with E-state index in [2.05, 4.69) is 11.9 Å². The molecule has 0 bridgehead atoms. The summed E-state index contributed by atoms with van der Waals surface area (Å²) in [7, 11) is 2.07. The van der Waals surface area contributed by atoms with E-state index >= 15 is 0 Å². The molecule has 2 amide bonds. The van der Waals surface area contributed by atoms with E-state index in [1.807, 2.05) is 14.7 Å². The monoisotopic (exact) mass is 284 g/mol. The number of carbonyl (C=O) groups excluding carboxylic acids is 1. The Kier molecular flexibility index (Phi) is 5.19. The van der Waals surface area contributed by atoms with Gasteiger partial charge in [0.25, 0.3) is 0 Å². The molecule has 2 aliphatic heterocycles. The number of rotatable bonds is 2. The van der Waals surface area contributed by atoms with Crippen LogP contribution in [0.5, 0.6) is 0 Å². The smallest absolute Gasteiger partial charge is 0.320 e. The van der Waals surface area contributed by atoms with Gasteiger partial charge < -0.3 is 19.8 Å². The summed E-state index contributed by atoms with van der Waals surface area (Å²) in [6.07, 6.45) is 0.840. The van der Waals surface area contributed by atoms with Crippen molar-refractivity contribution >= 4 is 12.0 Å². The third-order valence-corrected chi connectivity index (χ3v) is 3.99. The van der Waals surface area contributed by atoms with Crippen molar-refractivity contribution in [3.05, 3.63) is 0 Å². The number of urea groups is 1. The van der Waals surface area contributed by atoms with Gasteiger partial charge in [-0.05, 0) is 13.5 Å². The van der Waals surface area contributed by atoms with Crippen molar-refractivity contribution in [2.45, 2.75) is 6.42 Å². The number of aliphatic carboxylic acids is 1. The maximum absolute atomic E-state index is 12.4. The lowest BCUT2D eigenvalue weighted by atomic mass is 10.3. The lowest BCUT2D eigenvalue weighted by molar-refractivity contribution is -0.138. The molecule has 0 saturated carbocycles. The molecular formula is C13H24N4O3. The number of amides is 2. The maximum Gasteiger partial charge on any atom is 0.320 e. The summed E-state index contributed by atoms with van der Waals surface area (Å²) >= 11 is 0. The fourth-order valence-electron chi connectivity index (χ4n) is 2.71. The lowest BCUT2D eigenvalue weighted by Crippen LogP contribution is -2.52. The Morgan fingerprint density at radius 3 is 2.15 bits per heavy atom. The molecule has 0 aromatic rings. The van der Waals surface area contributed by atoms with Gasteiger partial charge in [0.15, 0.2) is 0 Å². The van der Waals surface area contributed by atoms with Gasteiger partial charge in [-0.15, -0.1) is 0 Å². The predicted octanol–water partition coefficient (Wildman–Crippen LogP) is -0.554. The topological polar surface area (TPSA) is 67.3 Å². The van der Waals surface area contributed by atoms with Gasteiger partial charge in [0.1, 0.15) is 0 Å². The van der Waals surface area contributed by atoms with Gasteiger partial charge >= 0.3 is 12.0 Å². The van der Waals surface area contributed by atoms with Crippen LogP contribution in [0.1, 0.15) is 6.42 Å². The van der Waals surface area contributed by atoms with Gasteiger partial charge in [-0.1, -0.05) is 0 Å². The van der Waals surface area contributed by atoms with Gasteiger partial charge in [-0.3, -0.25) is 9.69 Å². The van der Waals surface area contributed by atoms with Gasteiger partial charge in [-0.2, -0.15) is 0 Å². The molecule has 0 spiro atoms. The van der Waals surface area contributed by atoms with E-state index in [0.29, 0.717) is 13.1 Å². The second kappa shape index (κ2) is 6.90. The first-order valence-electron chi connectivity index (χ1n) is 7.23. The van der Waals surface area contributed by atoms with Gasteiger partial charge in [0, 0.05) is 52.4 Å². The maximum atomic E-state index is 12.4. The average molecular weight is 284 g/mol. The zero-order valence-corrected chi connectivity index (χ0v) is 12.1. The van der Waals surface area contributed by atoms with Crippen LogP contribution in [0.25, 0.3) is 0 Å². The van der Waals surface area contributed by atoms with Crippen molar-refractivity contribution in [3.8, 4) is 0 Å². The summed E-state index contributed by atoms with van der Waals surface area (Å²) < 4.78 is 0. The summed E-state index contributed by atoms with van der Waals surface area (Å²) in [6.45, 7) is 6.21. The molecule has 0 aliphatic carbocycles. The number of carbonyl (C=O) groups is 2. The van der Waals surface area contributed by atoms with Crippen molar-refractivity contribution in [2.24, 2.45) is 0 Å². The van der Waals surface area contributed by atoms with Crippen molar-refractivity contribution in [2.75, 3.05) is 66.0 Å². The largest absolute Gasteiger partial charge is 0.480 e. The van der Waals surface area contributed by atoms with Crippen LogP contribution in [0.3, 0.4) is 0 Å². The first-order chi connectivity index (χ1) is 9.56. The third kappa shape index (κ3) is 4.08. The van der Waals surface area contributed by atoms with Crippen molar-refractivity contribution < 1.29 is 14.7 Å². The van der Waals surface area contributed by atoms with Crippen LogP contribution < -0.4 is 0 Å². The van der Waals surface area contributed by atoms with E-state index in [1.165, 1.54) is 0 Å². The Bertz CT molecular complexity index is 356. The molecule has 2 fully saturated rings. The molecule has 0 unspecified atom stereocenters. The zero-order chi connectivity index (χ0) is 14.5. The SMILES string of the molecule is CN1CCN(C(=O)N2CCCN(CC(=O)O)CC2)CC1. The van der Waals surface area contributed by atoms with Crippen LogP contribution in [0.4, 0.5) is 4.79 Å². The van der Waals surface area contributed by atoms with E-state index in [9.17, 15) is 9.59 Å². The molecule has 0 aromatic heterocycles. The van der Waals surface area contributed by atoms with E-state index in [0.717, 1.165) is 45.7 Å². The minimum absolute atomic E-state index is 0.0660. The summed E-state index contributed by atoms with van der Waals surface area (Å²) in [5, 5.41) is 8.83. The second-order valence-corrected chi connectivity index (χ2v) is 5.58. The Morgan fingerprint density at radius 1 is 0.900 bits per heavy atom. The van der Waals surface area contributed by atoms with Crippen LogP contribution in [-0.4, -0.2) is 103 Å². The van der Waals surface area contributed by atoms with Gasteiger partial charge in [0.05, 0.1) is 6.54 Å². The molecule has 114 valence electrons. The molecule has 0 atom stereocenters. The number of carboxylic acid groups (broad SMARTS) is 1. The van der Waals surface area contributed by atoms with Crippen molar-refractivity contribution in [1.29, 1.82) is 0 Å². The molecular weight excluding hydrogens is 260 g/mol. The highest BCUT2D eigenvalue weighted by Crippen LogP contribution is 2.08. The minimum atomic E-state index is -0.802. The van der Waals surface area contributed by atoms with Crippen LogP contribution in [0, 0.1) is 0 Å². The minimum Gasteiger partial charge on any atom is -0.480 e. The molecule has 20 heavy (non-hydrogen) atoms. The summed E-state index contributed by atoms with van der Waals surface area (Å²) in [5.41, 5.74) is 0. The van der Waals surface area contributed by atoms with E-state index < -0.39 is 5.97 Å². The Hall–Kier alpha value is -1.34. The molecule has 0 aromatic carbocycles. The summed E-state index contributed by atoms with van der Waals surface area (Å²) in [5.74, 6) is -0.802. The molecule has 2 heterocycles. The fourth-order valence-corrected chi connectivity index (χ4v) is 2.71. The Balaban J connectivity index is 1.83. The number of hydrogen-bond donors (Lipinski definition) is 1. The second-order valence-electron chi connectivity index (χ2n) is 5.58. The molecule has 2 aliphatic rings. The Morgan fingerprint density at radius 2 is 1.50 bits per heavy atom. The van der Waals surface area contributed by atoms with Crippen LogP contribution in [-0.2, 0) is 4.79 Å². The molecule has 0 radical (unpaired) electrons. The highest BCUT2D eigenvalue weighted by Gasteiger charge is 2.26. The number of carboxylic acids is 1. The normalized spacial score (nSPS) is 22.6. The third-order valence-electron chi connectivity index (χ3n) is 3.99. The molecule has 1 N–H and O–H groups in total. The summed E-state index contributed by atoms with van der Waals surface area (Å²) in [4.78, 5) is 31.1.